The average molecular weight is 251 g/mol. The molecule has 3 nitrogen and oxygen atoms in total. The van der Waals surface area contributed by atoms with Crippen LogP contribution < -0.4 is 4.90 Å². The minimum atomic E-state index is -0.111. The van der Waals surface area contributed by atoms with Crippen LogP contribution in [0.3, 0.4) is 0 Å². The minimum Gasteiger partial charge on any atom is -0.393 e. The van der Waals surface area contributed by atoms with E-state index in [1.54, 1.807) is 6.20 Å². The highest BCUT2D eigenvalue weighted by Gasteiger charge is 2.17. The van der Waals surface area contributed by atoms with Gasteiger partial charge in [0.2, 0.25) is 0 Å². The number of anilines is 1. The van der Waals surface area contributed by atoms with Gasteiger partial charge in [-0.25, -0.2) is 4.98 Å². The van der Waals surface area contributed by atoms with Crippen molar-refractivity contribution in [3.63, 3.8) is 0 Å². The molecule has 1 aromatic heterocycles. The summed E-state index contributed by atoms with van der Waals surface area (Å²) >= 11 is 0. The first kappa shape index (κ1) is 14.5. The second-order valence-electron chi connectivity index (χ2n) is 3.41. The van der Waals surface area contributed by atoms with Gasteiger partial charge in [0.05, 0.1) is 6.10 Å². The number of pyridine rings is 1. The Labute approximate surface area is 102 Å². The van der Waals surface area contributed by atoms with Gasteiger partial charge in [0.15, 0.2) is 0 Å². The van der Waals surface area contributed by atoms with Gasteiger partial charge >= 0.3 is 0 Å². The Morgan fingerprint density at radius 1 is 1.20 bits per heavy atom. The van der Waals surface area contributed by atoms with Gasteiger partial charge < -0.3 is 10.0 Å². The van der Waals surface area contributed by atoms with Crippen molar-refractivity contribution in [2.24, 2.45) is 0 Å². The summed E-state index contributed by atoms with van der Waals surface area (Å²) in [6.07, 6.45) is 3.41. The number of aromatic nitrogens is 1. The van der Waals surface area contributed by atoms with Crippen LogP contribution in [0.5, 0.6) is 0 Å². The zero-order chi connectivity index (χ0) is 9.10. The molecule has 0 spiro atoms. The Bertz CT molecular complexity index is 263. The molecule has 15 heavy (non-hydrogen) atoms. The lowest BCUT2D eigenvalue weighted by Crippen LogP contribution is -2.36. The summed E-state index contributed by atoms with van der Waals surface area (Å²) in [5, 5.41) is 9.33. The van der Waals surface area contributed by atoms with Crippen molar-refractivity contribution in [3.05, 3.63) is 24.4 Å². The molecule has 1 saturated heterocycles. The molecule has 2 heterocycles. The topological polar surface area (TPSA) is 36.4 Å². The van der Waals surface area contributed by atoms with Gasteiger partial charge in [0, 0.05) is 19.3 Å². The Morgan fingerprint density at radius 2 is 1.87 bits per heavy atom. The smallest absolute Gasteiger partial charge is 0.128 e. The molecule has 1 N–H and O–H groups in total. The summed E-state index contributed by atoms with van der Waals surface area (Å²) in [6.45, 7) is 1.83. The average Bonchev–Trinajstić information content (AvgIpc) is 2.20. The Morgan fingerprint density at radius 3 is 2.40 bits per heavy atom. The maximum atomic E-state index is 9.33. The van der Waals surface area contributed by atoms with Gasteiger partial charge in [0.25, 0.3) is 0 Å². The Balaban J connectivity index is 0.000000980. The van der Waals surface area contributed by atoms with Crippen LogP contribution in [0.1, 0.15) is 12.8 Å². The molecule has 5 heteroatoms. The monoisotopic (exact) mass is 250 g/mol. The third kappa shape index (κ3) is 3.86. The molecule has 0 unspecified atom stereocenters. The molecule has 86 valence electrons. The first-order chi connectivity index (χ1) is 6.36. The lowest BCUT2D eigenvalue weighted by molar-refractivity contribution is 0.145. The van der Waals surface area contributed by atoms with E-state index in [0.29, 0.717) is 0 Å². The molecule has 0 atom stereocenters. The van der Waals surface area contributed by atoms with Crippen molar-refractivity contribution in [2.45, 2.75) is 18.9 Å². The molecule has 0 saturated carbocycles. The number of piperidine rings is 1. The predicted molar refractivity (Wildman–Crippen MR) is 66.2 cm³/mol. The molecule has 2 rings (SSSR count). The van der Waals surface area contributed by atoms with E-state index in [-0.39, 0.29) is 30.9 Å². The summed E-state index contributed by atoms with van der Waals surface area (Å²) in [6, 6.07) is 5.92. The zero-order valence-corrected chi connectivity index (χ0v) is 10.0. The lowest BCUT2D eigenvalue weighted by Gasteiger charge is -2.30. The number of hydrogen-bond acceptors (Lipinski definition) is 3. The first-order valence-electron chi connectivity index (χ1n) is 4.70. The summed E-state index contributed by atoms with van der Waals surface area (Å²) in [5.74, 6) is 1.02. The molecular weight excluding hydrogens is 235 g/mol. The van der Waals surface area contributed by atoms with Crippen LogP contribution in [0.2, 0.25) is 0 Å². The van der Waals surface area contributed by atoms with Gasteiger partial charge in [-0.05, 0) is 25.0 Å². The van der Waals surface area contributed by atoms with E-state index in [9.17, 15) is 5.11 Å². The highest BCUT2D eigenvalue weighted by atomic mass is 35.5. The third-order valence-electron chi connectivity index (χ3n) is 2.44. The van der Waals surface area contributed by atoms with Crippen LogP contribution in [0, 0.1) is 0 Å². The third-order valence-corrected chi connectivity index (χ3v) is 2.44. The molecular formula is C10H16Cl2N2O. The van der Waals surface area contributed by atoms with Crippen LogP contribution in [0.25, 0.3) is 0 Å². The van der Waals surface area contributed by atoms with Crippen molar-refractivity contribution >= 4 is 30.6 Å². The van der Waals surface area contributed by atoms with Crippen molar-refractivity contribution in [1.29, 1.82) is 0 Å². The van der Waals surface area contributed by atoms with E-state index in [0.717, 1.165) is 31.7 Å². The standard InChI is InChI=1S/C10H14N2O.2ClH/c13-9-4-7-12(8-5-9)10-3-1-2-6-11-10;;/h1-3,6,9,13H,4-5,7-8H2;2*1H. The van der Waals surface area contributed by atoms with Crippen LogP contribution >= 0.6 is 24.8 Å². The van der Waals surface area contributed by atoms with Gasteiger partial charge in [-0.2, -0.15) is 0 Å². The number of nitrogens with zero attached hydrogens (tertiary/aromatic N) is 2. The fourth-order valence-corrected chi connectivity index (χ4v) is 1.64. The first-order valence-corrected chi connectivity index (χ1v) is 4.70. The van der Waals surface area contributed by atoms with E-state index in [4.69, 9.17) is 0 Å². The van der Waals surface area contributed by atoms with Crippen molar-refractivity contribution in [3.8, 4) is 0 Å². The molecule has 1 aromatic rings. The number of halogens is 2. The summed E-state index contributed by atoms with van der Waals surface area (Å²) in [7, 11) is 0. The second kappa shape index (κ2) is 6.88. The SMILES string of the molecule is Cl.Cl.OC1CCN(c2ccccn2)CC1. The number of aliphatic hydroxyl groups excluding tert-OH is 1. The van der Waals surface area contributed by atoms with Crippen LogP contribution in [-0.2, 0) is 0 Å². The quantitative estimate of drug-likeness (QED) is 0.828. The van der Waals surface area contributed by atoms with Crippen LogP contribution in [0.4, 0.5) is 5.82 Å². The van der Waals surface area contributed by atoms with Gasteiger partial charge in [0.1, 0.15) is 5.82 Å². The van der Waals surface area contributed by atoms with Crippen LogP contribution in [-0.4, -0.2) is 29.3 Å². The summed E-state index contributed by atoms with van der Waals surface area (Å²) < 4.78 is 0. The molecule has 0 aliphatic carbocycles. The molecule has 1 aliphatic rings. The van der Waals surface area contributed by atoms with Gasteiger partial charge in [-0.15, -0.1) is 24.8 Å². The summed E-state index contributed by atoms with van der Waals surface area (Å²) in [5.41, 5.74) is 0. The molecule has 0 amide bonds. The largest absolute Gasteiger partial charge is 0.393 e. The summed E-state index contributed by atoms with van der Waals surface area (Å²) in [4.78, 5) is 6.49. The van der Waals surface area contributed by atoms with Crippen molar-refractivity contribution < 1.29 is 5.11 Å². The highest BCUT2D eigenvalue weighted by Crippen LogP contribution is 2.16. The van der Waals surface area contributed by atoms with E-state index in [1.807, 2.05) is 18.2 Å². The van der Waals surface area contributed by atoms with Gasteiger partial charge in [-0.1, -0.05) is 6.07 Å². The number of aliphatic hydroxyl groups is 1. The predicted octanol–water partition coefficient (Wildman–Crippen LogP) is 1.89. The molecule has 0 radical (unpaired) electrons. The molecule has 1 fully saturated rings. The number of hydrogen-bond donors (Lipinski definition) is 1. The van der Waals surface area contributed by atoms with Crippen molar-refractivity contribution in [1.82, 2.24) is 4.98 Å². The van der Waals surface area contributed by atoms with Crippen LogP contribution in [0.15, 0.2) is 24.4 Å². The normalized spacial score (nSPS) is 16.5. The second-order valence-corrected chi connectivity index (χ2v) is 3.41. The zero-order valence-electron chi connectivity index (χ0n) is 8.37. The molecule has 1 aliphatic heterocycles. The fourth-order valence-electron chi connectivity index (χ4n) is 1.64. The lowest BCUT2D eigenvalue weighted by atomic mass is 10.1. The highest BCUT2D eigenvalue weighted by molar-refractivity contribution is 5.85. The van der Waals surface area contributed by atoms with E-state index >= 15 is 0 Å². The fraction of sp³-hybridized carbons (Fsp3) is 0.500. The Kier molecular flexibility index (Phi) is 6.65. The molecule has 0 aromatic carbocycles. The maximum Gasteiger partial charge on any atom is 0.128 e. The maximum absolute atomic E-state index is 9.33. The van der Waals surface area contributed by atoms with Gasteiger partial charge in [-0.3, -0.25) is 0 Å². The number of rotatable bonds is 1. The van der Waals surface area contributed by atoms with Crippen molar-refractivity contribution in [2.75, 3.05) is 18.0 Å². The van der Waals surface area contributed by atoms with E-state index < -0.39 is 0 Å². The van der Waals surface area contributed by atoms with E-state index in [2.05, 4.69) is 9.88 Å². The van der Waals surface area contributed by atoms with E-state index in [1.165, 1.54) is 0 Å². The molecule has 0 bridgehead atoms. The Hall–Kier alpha value is -0.510. The minimum absolute atomic E-state index is 0.